The van der Waals surface area contributed by atoms with E-state index < -0.39 is 9.84 Å². The van der Waals surface area contributed by atoms with Gasteiger partial charge in [-0.3, -0.25) is 4.79 Å². The van der Waals surface area contributed by atoms with E-state index in [0.29, 0.717) is 12.2 Å². The predicted molar refractivity (Wildman–Crippen MR) is 98.1 cm³/mol. The number of benzene rings is 1. The van der Waals surface area contributed by atoms with Crippen molar-refractivity contribution in [1.29, 1.82) is 0 Å². The molecule has 1 aromatic heterocycles. The maximum absolute atomic E-state index is 12.2. The standard InChI is InChI=1S/C18H21N3O3S/c1-13-4-3-5-15(10-13)6-7-18(22)19-17-11-14(2)20-21(17)16-8-9-25(23,24)12-16/h3-7,10-11,16H,8-9,12H2,1-2H3,(H,19,22)/b7-6+. The second-order valence-electron chi connectivity index (χ2n) is 6.41. The van der Waals surface area contributed by atoms with Gasteiger partial charge >= 0.3 is 0 Å². The molecule has 1 unspecified atom stereocenters. The van der Waals surface area contributed by atoms with Crippen molar-refractivity contribution < 1.29 is 13.2 Å². The summed E-state index contributed by atoms with van der Waals surface area (Å²) in [4.78, 5) is 12.2. The molecule has 1 saturated heterocycles. The van der Waals surface area contributed by atoms with Gasteiger partial charge in [0.15, 0.2) is 9.84 Å². The fraction of sp³-hybridized carbons (Fsp3) is 0.333. The first-order valence-electron chi connectivity index (χ1n) is 8.15. The smallest absolute Gasteiger partial charge is 0.249 e. The van der Waals surface area contributed by atoms with Gasteiger partial charge in [0.05, 0.1) is 23.2 Å². The lowest BCUT2D eigenvalue weighted by atomic mass is 10.1. The lowest BCUT2D eigenvalue weighted by Crippen LogP contribution is -2.18. The van der Waals surface area contributed by atoms with Gasteiger partial charge in [-0.15, -0.1) is 0 Å². The average molecular weight is 359 g/mol. The summed E-state index contributed by atoms with van der Waals surface area (Å²) in [5.41, 5.74) is 2.81. The van der Waals surface area contributed by atoms with Crippen LogP contribution in [0.5, 0.6) is 0 Å². The molecule has 1 fully saturated rings. The molecular weight excluding hydrogens is 338 g/mol. The summed E-state index contributed by atoms with van der Waals surface area (Å²) in [6, 6.07) is 9.37. The zero-order valence-electron chi connectivity index (χ0n) is 14.3. The van der Waals surface area contributed by atoms with Crippen LogP contribution in [-0.4, -0.2) is 35.6 Å². The Labute approximate surface area is 147 Å². The fourth-order valence-corrected chi connectivity index (χ4v) is 4.66. The summed E-state index contributed by atoms with van der Waals surface area (Å²) < 4.78 is 25.0. The van der Waals surface area contributed by atoms with E-state index in [4.69, 9.17) is 0 Å². The molecule has 1 aliphatic rings. The summed E-state index contributed by atoms with van der Waals surface area (Å²) >= 11 is 0. The van der Waals surface area contributed by atoms with Gasteiger partial charge in [0, 0.05) is 12.1 Å². The first kappa shape index (κ1) is 17.4. The zero-order valence-corrected chi connectivity index (χ0v) is 15.1. The van der Waals surface area contributed by atoms with Crippen LogP contribution in [-0.2, 0) is 14.6 Å². The number of anilines is 1. The van der Waals surface area contributed by atoms with E-state index in [1.54, 1.807) is 16.8 Å². The van der Waals surface area contributed by atoms with Crippen LogP contribution in [0.1, 0.15) is 29.3 Å². The highest BCUT2D eigenvalue weighted by atomic mass is 32.2. The first-order chi connectivity index (χ1) is 11.8. The lowest BCUT2D eigenvalue weighted by molar-refractivity contribution is -0.111. The van der Waals surface area contributed by atoms with Gasteiger partial charge in [0.1, 0.15) is 5.82 Å². The van der Waals surface area contributed by atoms with Crippen LogP contribution in [0, 0.1) is 13.8 Å². The molecule has 0 radical (unpaired) electrons. The summed E-state index contributed by atoms with van der Waals surface area (Å²) in [7, 11) is -3.02. The minimum atomic E-state index is -3.02. The highest BCUT2D eigenvalue weighted by Crippen LogP contribution is 2.27. The number of nitrogens with one attached hydrogen (secondary N) is 1. The van der Waals surface area contributed by atoms with Crippen molar-refractivity contribution >= 4 is 27.6 Å². The Balaban J connectivity index is 1.73. The number of hydrogen-bond donors (Lipinski definition) is 1. The molecule has 6 nitrogen and oxygen atoms in total. The number of nitrogens with zero attached hydrogens (tertiary/aromatic N) is 2. The molecular formula is C18H21N3O3S. The van der Waals surface area contributed by atoms with Crippen LogP contribution < -0.4 is 5.32 Å². The van der Waals surface area contributed by atoms with Crippen molar-refractivity contribution in [2.45, 2.75) is 26.3 Å². The maximum atomic E-state index is 12.2. The molecule has 2 aromatic rings. The number of aromatic nitrogens is 2. The van der Waals surface area contributed by atoms with Gasteiger partial charge in [-0.1, -0.05) is 29.8 Å². The molecule has 3 rings (SSSR count). The summed E-state index contributed by atoms with van der Waals surface area (Å²) in [6.07, 6.45) is 3.73. The predicted octanol–water partition coefficient (Wildman–Crippen LogP) is 2.51. The Bertz CT molecular complexity index is 929. The minimum Gasteiger partial charge on any atom is -0.307 e. The molecule has 25 heavy (non-hydrogen) atoms. The highest BCUT2D eigenvalue weighted by Gasteiger charge is 2.31. The third-order valence-corrected chi connectivity index (χ3v) is 5.88. The molecule has 0 spiro atoms. The Hall–Kier alpha value is -2.41. The molecule has 1 atom stereocenters. The maximum Gasteiger partial charge on any atom is 0.249 e. The Kier molecular flexibility index (Phi) is 4.76. The number of carbonyl (C=O) groups excluding carboxylic acids is 1. The van der Waals surface area contributed by atoms with Gasteiger partial charge in [-0.2, -0.15) is 5.10 Å². The van der Waals surface area contributed by atoms with Crippen molar-refractivity contribution in [1.82, 2.24) is 9.78 Å². The fourth-order valence-electron chi connectivity index (χ4n) is 2.97. The average Bonchev–Trinajstić information content (AvgIpc) is 3.07. The topological polar surface area (TPSA) is 81.1 Å². The van der Waals surface area contributed by atoms with Crippen molar-refractivity contribution in [3.63, 3.8) is 0 Å². The molecule has 7 heteroatoms. The SMILES string of the molecule is Cc1cccc(/C=C/C(=O)Nc2cc(C)nn2C2CCS(=O)(=O)C2)c1. The normalized spacial score (nSPS) is 19.4. The highest BCUT2D eigenvalue weighted by molar-refractivity contribution is 7.91. The number of amides is 1. The molecule has 1 aromatic carbocycles. The van der Waals surface area contributed by atoms with E-state index in [1.807, 2.05) is 38.1 Å². The summed E-state index contributed by atoms with van der Waals surface area (Å²) in [5, 5.41) is 7.15. The molecule has 1 aliphatic heterocycles. The molecule has 132 valence electrons. The van der Waals surface area contributed by atoms with Crippen molar-refractivity contribution in [3.05, 3.63) is 53.2 Å². The van der Waals surface area contributed by atoms with Crippen molar-refractivity contribution in [3.8, 4) is 0 Å². The summed E-state index contributed by atoms with van der Waals surface area (Å²) in [6.45, 7) is 3.81. The third-order valence-electron chi connectivity index (χ3n) is 4.13. The lowest BCUT2D eigenvalue weighted by Gasteiger charge is -2.13. The van der Waals surface area contributed by atoms with E-state index in [-0.39, 0.29) is 23.5 Å². The first-order valence-corrected chi connectivity index (χ1v) is 9.97. The second kappa shape index (κ2) is 6.84. The second-order valence-corrected chi connectivity index (χ2v) is 8.64. The quantitative estimate of drug-likeness (QED) is 0.851. The zero-order chi connectivity index (χ0) is 18.0. The van der Waals surface area contributed by atoms with Gasteiger partial charge < -0.3 is 5.32 Å². The molecule has 0 bridgehead atoms. The Morgan fingerprint density at radius 2 is 2.12 bits per heavy atom. The molecule has 1 N–H and O–H groups in total. The number of hydrogen-bond acceptors (Lipinski definition) is 4. The van der Waals surface area contributed by atoms with E-state index >= 15 is 0 Å². The van der Waals surface area contributed by atoms with Crippen LogP contribution in [0.3, 0.4) is 0 Å². The molecule has 0 aliphatic carbocycles. The number of sulfone groups is 1. The number of carbonyl (C=O) groups is 1. The van der Waals surface area contributed by atoms with Crippen molar-refractivity contribution in [2.75, 3.05) is 16.8 Å². The number of aryl methyl sites for hydroxylation is 2. The molecule has 1 amide bonds. The van der Waals surface area contributed by atoms with Gasteiger partial charge in [0.2, 0.25) is 5.91 Å². The monoisotopic (exact) mass is 359 g/mol. The Morgan fingerprint density at radius 1 is 1.32 bits per heavy atom. The largest absolute Gasteiger partial charge is 0.307 e. The van der Waals surface area contributed by atoms with Crippen LogP contribution >= 0.6 is 0 Å². The minimum absolute atomic E-state index is 0.0656. The van der Waals surface area contributed by atoms with Crippen LogP contribution in [0.2, 0.25) is 0 Å². The van der Waals surface area contributed by atoms with E-state index in [9.17, 15) is 13.2 Å². The number of rotatable bonds is 4. The molecule has 0 saturated carbocycles. The Morgan fingerprint density at radius 3 is 2.80 bits per heavy atom. The van der Waals surface area contributed by atoms with Crippen LogP contribution in [0.25, 0.3) is 6.08 Å². The van der Waals surface area contributed by atoms with Crippen LogP contribution in [0.4, 0.5) is 5.82 Å². The van der Waals surface area contributed by atoms with E-state index in [0.717, 1.165) is 16.8 Å². The van der Waals surface area contributed by atoms with Gasteiger partial charge in [-0.25, -0.2) is 13.1 Å². The summed E-state index contributed by atoms with van der Waals surface area (Å²) in [5.74, 6) is 0.481. The van der Waals surface area contributed by atoms with Gasteiger partial charge in [0.25, 0.3) is 0 Å². The van der Waals surface area contributed by atoms with E-state index in [1.165, 1.54) is 6.08 Å². The van der Waals surface area contributed by atoms with Crippen molar-refractivity contribution in [2.24, 2.45) is 0 Å². The van der Waals surface area contributed by atoms with Crippen LogP contribution in [0.15, 0.2) is 36.4 Å². The van der Waals surface area contributed by atoms with Gasteiger partial charge in [-0.05, 0) is 31.9 Å². The van der Waals surface area contributed by atoms with E-state index in [2.05, 4.69) is 10.4 Å². The molecule has 2 heterocycles. The third kappa shape index (κ3) is 4.36.